The number of carbonyl (C=O) groups is 3. The molecular formula is C22H17N3O8. The van der Waals surface area contributed by atoms with Gasteiger partial charge >= 0.3 is 5.97 Å². The zero-order valence-electron chi connectivity index (χ0n) is 17.6. The topological polar surface area (TPSA) is 158 Å². The van der Waals surface area contributed by atoms with E-state index in [-0.39, 0.29) is 64.5 Å². The number of nitro groups is 1. The van der Waals surface area contributed by atoms with E-state index in [0.717, 1.165) is 4.57 Å². The third kappa shape index (κ3) is 2.65. The van der Waals surface area contributed by atoms with Crippen molar-refractivity contribution in [3.63, 3.8) is 0 Å². The number of ether oxygens (including phenoxy) is 1. The van der Waals surface area contributed by atoms with Crippen LogP contribution in [0.4, 0.5) is 11.4 Å². The highest BCUT2D eigenvalue weighted by Crippen LogP contribution is 2.43. The van der Waals surface area contributed by atoms with Gasteiger partial charge in [-0.25, -0.2) is 4.79 Å². The van der Waals surface area contributed by atoms with E-state index in [0.29, 0.717) is 5.56 Å². The van der Waals surface area contributed by atoms with Crippen molar-refractivity contribution in [1.29, 1.82) is 0 Å². The number of carbonyl (C=O) groups excluding carboxylic acids is 3. The lowest BCUT2D eigenvalue weighted by molar-refractivity contribution is -0.384. The van der Waals surface area contributed by atoms with Crippen LogP contribution in [-0.4, -0.2) is 32.3 Å². The van der Waals surface area contributed by atoms with Gasteiger partial charge in [0, 0.05) is 22.8 Å². The highest BCUT2D eigenvalue weighted by Gasteiger charge is 2.46. The molecule has 0 saturated heterocycles. The number of hydrogen-bond acceptors (Lipinski definition) is 8. The molecule has 3 aliphatic rings. The standard InChI is InChI=1S/C22H17N3O8/c1-3-22(30)13-6-15-18(26)11(7-24(15)20(28)12(13)8-33-21(22)29)16-10-4-9(2)5-14(25(31)32)17(10)23-19(16)27/h4-6,30H,3,7-8H2,1-2H3,(H,23,27)/b16-11+/t22-/m0/s1. The minimum atomic E-state index is -2.06. The summed E-state index contributed by atoms with van der Waals surface area (Å²) in [6.07, 6.45) is -0.0669. The van der Waals surface area contributed by atoms with Crippen molar-refractivity contribution in [2.45, 2.75) is 39.0 Å². The monoisotopic (exact) mass is 451 g/mol. The Balaban J connectivity index is 1.73. The summed E-state index contributed by atoms with van der Waals surface area (Å²) in [4.78, 5) is 62.3. The Hall–Kier alpha value is -4.12. The minimum absolute atomic E-state index is 0.00196. The molecule has 3 aliphatic heterocycles. The van der Waals surface area contributed by atoms with Crippen LogP contribution in [0.1, 0.15) is 46.1 Å². The second-order valence-electron chi connectivity index (χ2n) is 8.20. The van der Waals surface area contributed by atoms with Crippen LogP contribution in [0.2, 0.25) is 0 Å². The van der Waals surface area contributed by atoms with Crippen molar-refractivity contribution in [3.05, 3.63) is 72.2 Å². The lowest BCUT2D eigenvalue weighted by Crippen LogP contribution is -2.44. The van der Waals surface area contributed by atoms with Gasteiger partial charge in [0.15, 0.2) is 5.60 Å². The fourth-order valence-corrected chi connectivity index (χ4v) is 4.66. The predicted molar refractivity (Wildman–Crippen MR) is 112 cm³/mol. The zero-order valence-corrected chi connectivity index (χ0v) is 17.6. The van der Waals surface area contributed by atoms with Crippen LogP contribution >= 0.6 is 0 Å². The number of amides is 1. The number of nitro benzene ring substituents is 1. The molecule has 168 valence electrons. The molecule has 0 fully saturated rings. The van der Waals surface area contributed by atoms with Gasteiger partial charge in [-0.1, -0.05) is 6.92 Å². The molecule has 11 heteroatoms. The Labute approximate surface area is 185 Å². The van der Waals surface area contributed by atoms with E-state index >= 15 is 0 Å². The first-order valence-corrected chi connectivity index (χ1v) is 10.1. The Morgan fingerprint density at radius 1 is 1.24 bits per heavy atom. The Bertz CT molecular complexity index is 1430. The number of pyridine rings is 1. The number of nitrogens with zero attached hydrogens (tertiary/aromatic N) is 2. The van der Waals surface area contributed by atoms with Crippen LogP contribution < -0.4 is 10.9 Å². The number of aryl methyl sites for hydroxylation is 1. The number of benzene rings is 1. The molecule has 0 radical (unpaired) electrons. The molecule has 5 rings (SSSR count). The van der Waals surface area contributed by atoms with Crippen LogP contribution in [0, 0.1) is 17.0 Å². The van der Waals surface area contributed by atoms with Gasteiger partial charge in [-0.15, -0.1) is 0 Å². The van der Waals surface area contributed by atoms with Crippen molar-refractivity contribution in [2.75, 3.05) is 5.32 Å². The molecular weight excluding hydrogens is 434 g/mol. The molecule has 0 spiro atoms. The first-order chi connectivity index (χ1) is 15.6. The molecule has 1 amide bonds. The summed E-state index contributed by atoms with van der Waals surface area (Å²) < 4.78 is 6.15. The molecule has 1 atom stereocenters. The number of hydrogen-bond donors (Lipinski definition) is 2. The number of anilines is 1. The average Bonchev–Trinajstić information content (AvgIpc) is 3.26. The minimum Gasteiger partial charge on any atom is -0.458 e. The lowest BCUT2D eigenvalue weighted by Gasteiger charge is -2.31. The van der Waals surface area contributed by atoms with Gasteiger partial charge in [0.25, 0.3) is 17.2 Å². The first kappa shape index (κ1) is 20.8. The SMILES string of the molecule is CC[C@@]1(O)C(=O)OCc2c1cc1n(c2=O)C/C(=C2\C(=O)Nc3c2cc(C)cc3[N+](=O)[O-])C1=O. The highest BCUT2D eigenvalue weighted by molar-refractivity contribution is 6.37. The van der Waals surface area contributed by atoms with Gasteiger partial charge < -0.3 is 19.7 Å². The quantitative estimate of drug-likeness (QED) is 0.299. The molecule has 2 N–H and O–H groups in total. The number of Topliss-reactive ketones (excluding diaryl/α,β-unsaturated/α-hetero) is 1. The Kier molecular flexibility index (Phi) is 4.21. The van der Waals surface area contributed by atoms with Crippen LogP contribution in [0.3, 0.4) is 0 Å². The van der Waals surface area contributed by atoms with E-state index in [2.05, 4.69) is 5.32 Å². The molecule has 4 heterocycles. The summed E-state index contributed by atoms with van der Waals surface area (Å²) in [5, 5.41) is 24.8. The maximum absolute atomic E-state index is 13.3. The summed E-state index contributed by atoms with van der Waals surface area (Å²) in [5.74, 6) is -2.22. The maximum Gasteiger partial charge on any atom is 0.343 e. The van der Waals surface area contributed by atoms with E-state index in [9.17, 15) is 34.4 Å². The summed E-state index contributed by atoms with van der Waals surface area (Å²) in [6.45, 7) is 2.60. The van der Waals surface area contributed by atoms with Gasteiger partial charge in [-0.3, -0.25) is 24.5 Å². The third-order valence-electron chi connectivity index (χ3n) is 6.36. The second kappa shape index (κ2) is 6.69. The predicted octanol–water partition coefficient (Wildman–Crippen LogP) is 1.32. The number of esters is 1. The number of cyclic esters (lactones) is 1. The van der Waals surface area contributed by atoms with Crippen molar-refractivity contribution in [2.24, 2.45) is 0 Å². The van der Waals surface area contributed by atoms with Crippen LogP contribution in [0.5, 0.6) is 0 Å². The molecule has 0 saturated carbocycles. The fourth-order valence-electron chi connectivity index (χ4n) is 4.66. The molecule has 1 aromatic carbocycles. The van der Waals surface area contributed by atoms with Gasteiger partial charge in [-0.2, -0.15) is 0 Å². The van der Waals surface area contributed by atoms with E-state index in [1.165, 1.54) is 12.1 Å². The van der Waals surface area contributed by atoms with E-state index in [1.54, 1.807) is 19.9 Å². The van der Waals surface area contributed by atoms with Crippen molar-refractivity contribution >= 4 is 34.6 Å². The number of allylic oxidation sites excluding steroid dienone is 1. The average molecular weight is 451 g/mol. The Morgan fingerprint density at radius 3 is 2.64 bits per heavy atom. The smallest absolute Gasteiger partial charge is 0.343 e. The van der Waals surface area contributed by atoms with Crippen molar-refractivity contribution in [1.82, 2.24) is 4.57 Å². The zero-order chi connectivity index (χ0) is 23.8. The van der Waals surface area contributed by atoms with E-state index in [1.807, 2.05) is 0 Å². The van der Waals surface area contributed by atoms with Crippen LogP contribution in [-0.2, 0) is 33.1 Å². The van der Waals surface area contributed by atoms with Gasteiger partial charge in [0.2, 0.25) is 5.78 Å². The van der Waals surface area contributed by atoms with Gasteiger partial charge in [0.1, 0.15) is 12.3 Å². The maximum atomic E-state index is 13.3. The third-order valence-corrected chi connectivity index (χ3v) is 6.36. The number of nitrogens with one attached hydrogen (secondary N) is 1. The molecule has 11 nitrogen and oxygen atoms in total. The first-order valence-electron chi connectivity index (χ1n) is 10.1. The molecule has 0 bridgehead atoms. The number of ketones is 1. The summed E-state index contributed by atoms with van der Waals surface area (Å²) in [6, 6.07) is 4.18. The number of aliphatic hydroxyl groups is 1. The fraction of sp³-hybridized carbons (Fsp3) is 0.273. The highest BCUT2D eigenvalue weighted by atomic mass is 16.6. The second-order valence-corrected chi connectivity index (χ2v) is 8.20. The normalized spacial score (nSPS) is 23.1. The van der Waals surface area contributed by atoms with Crippen molar-refractivity contribution in [3.8, 4) is 0 Å². The van der Waals surface area contributed by atoms with Crippen LogP contribution in [0.25, 0.3) is 5.57 Å². The van der Waals surface area contributed by atoms with Gasteiger partial charge in [-0.05, 0) is 31.0 Å². The molecule has 2 aromatic rings. The Morgan fingerprint density at radius 2 is 1.97 bits per heavy atom. The van der Waals surface area contributed by atoms with E-state index < -0.39 is 33.7 Å². The molecule has 33 heavy (non-hydrogen) atoms. The largest absolute Gasteiger partial charge is 0.458 e. The molecule has 1 aromatic heterocycles. The molecule has 0 unspecified atom stereocenters. The van der Waals surface area contributed by atoms with Gasteiger partial charge in [0.05, 0.1) is 28.3 Å². The number of rotatable bonds is 2. The number of fused-ring (bicyclic) bond motifs is 3. The summed E-state index contributed by atoms with van der Waals surface area (Å²) >= 11 is 0. The van der Waals surface area contributed by atoms with Crippen molar-refractivity contribution < 1.29 is 29.2 Å². The number of aromatic nitrogens is 1. The lowest BCUT2D eigenvalue weighted by atomic mass is 9.86. The van der Waals surface area contributed by atoms with Crippen LogP contribution in [0.15, 0.2) is 28.6 Å². The molecule has 0 aliphatic carbocycles. The summed E-state index contributed by atoms with van der Waals surface area (Å²) in [7, 11) is 0. The summed E-state index contributed by atoms with van der Waals surface area (Å²) in [5.41, 5.74) is -2.29. The van der Waals surface area contributed by atoms with E-state index in [4.69, 9.17) is 4.74 Å².